The molecule has 1 aromatic carbocycles. The molecule has 1 aliphatic carbocycles. The van der Waals surface area contributed by atoms with Crippen LogP contribution >= 0.6 is 0 Å². The SMILES string of the molecule is COc1ccc(C(=O)Cn2nc(-c3ccco3)n(C3CC3)c2=O)cc1. The summed E-state index contributed by atoms with van der Waals surface area (Å²) in [7, 11) is 1.57. The van der Waals surface area contributed by atoms with Crippen LogP contribution in [0, 0.1) is 0 Å². The zero-order valence-electron chi connectivity index (χ0n) is 13.7. The fourth-order valence-electron chi connectivity index (χ4n) is 2.76. The minimum absolute atomic E-state index is 0.113. The first-order valence-electron chi connectivity index (χ1n) is 8.08. The molecule has 128 valence electrons. The smallest absolute Gasteiger partial charge is 0.346 e. The van der Waals surface area contributed by atoms with Gasteiger partial charge in [-0.25, -0.2) is 9.48 Å². The second-order valence-electron chi connectivity index (χ2n) is 5.99. The number of hydrogen-bond donors (Lipinski definition) is 0. The van der Waals surface area contributed by atoms with E-state index >= 15 is 0 Å². The van der Waals surface area contributed by atoms with Crippen molar-refractivity contribution >= 4 is 5.78 Å². The Hall–Kier alpha value is -3.09. The number of carbonyl (C=O) groups excluding carboxylic acids is 1. The molecule has 1 fully saturated rings. The quantitative estimate of drug-likeness (QED) is 0.645. The van der Waals surface area contributed by atoms with Crippen LogP contribution in [0.3, 0.4) is 0 Å². The van der Waals surface area contributed by atoms with E-state index in [0.717, 1.165) is 12.8 Å². The molecule has 0 unspecified atom stereocenters. The predicted octanol–water partition coefficient (Wildman–Crippen LogP) is 2.53. The van der Waals surface area contributed by atoms with Crippen LogP contribution in [0.1, 0.15) is 29.2 Å². The number of rotatable bonds is 6. The molecule has 0 aliphatic heterocycles. The van der Waals surface area contributed by atoms with Crippen LogP contribution < -0.4 is 10.4 Å². The Morgan fingerprint density at radius 2 is 2.04 bits per heavy atom. The highest BCUT2D eigenvalue weighted by atomic mass is 16.5. The first-order valence-corrected chi connectivity index (χ1v) is 8.08. The van der Waals surface area contributed by atoms with Gasteiger partial charge in [0.2, 0.25) is 5.82 Å². The van der Waals surface area contributed by atoms with Crippen LogP contribution in [0.15, 0.2) is 51.9 Å². The van der Waals surface area contributed by atoms with E-state index in [2.05, 4.69) is 5.10 Å². The van der Waals surface area contributed by atoms with E-state index < -0.39 is 0 Å². The lowest BCUT2D eigenvalue weighted by Gasteiger charge is -2.02. The van der Waals surface area contributed by atoms with Gasteiger partial charge in [-0.2, -0.15) is 0 Å². The lowest BCUT2D eigenvalue weighted by molar-refractivity contribution is 0.0966. The Balaban J connectivity index is 1.65. The number of nitrogens with zero attached hydrogens (tertiary/aromatic N) is 3. The molecule has 0 amide bonds. The van der Waals surface area contributed by atoms with E-state index in [1.54, 1.807) is 54.3 Å². The van der Waals surface area contributed by atoms with Crippen molar-refractivity contribution in [3.05, 3.63) is 58.7 Å². The molecule has 0 atom stereocenters. The zero-order chi connectivity index (χ0) is 17.4. The molecule has 1 saturated carbocycles. The van der Waals surface area contributed by atoms with Crippen molar-refractivity contribution in [3.63, 3.8) is 0 Å². The van der Waals surface area contributed by atoms with Crippen LogP contribution in [0.2, 0.25) is 0 Å². The van der Waals surface area contributed by atoms with Gasteiger partial charge in [-0.05, 0) is 49.2 Å². The summed E-state index contributed by atoms with van der Waals surface area (Å²) in [6.07, 6.45) is 3.41. The number of carbonyl (C=O) groups is 1. The van der Waals surface area contributed by atoms with Crippen molar-refractivity contribution in [2.45, 2.75) is 25.4 Å². The van der Waals surface area contributed by atoms with Gasteiger partial charge in [0.25, 0.3) is 0 Å². The summed E-state index contributed by atoms with van der Waals surface area (Å²) in [5.41, 5.74) is 0.226. The highest BCUT2D eigenvalue weighted by molar-refractivity contribution is 5.95. The van der Waals surface area contributed by atoms with Crippen molar-refractivity contribution in [1.29, 1.82) is 0 Å². The van der Waals surface area contributed by atoms with Gasteiger partial charge in [0.05, 0.1) is 13.4 Å². The monoisotopic (exact) mass is 339 g/mol. The first-order chi connectivity index (χ1) is 12.2. The first kappa shape index (κ1) is 15.4. The van der Waals surface area contributed by atoms with E-state index in [1.807, 2.05) is 0 Å². The van der Waals surface area contributed by atoms with Crippen molar-refractivity contribution in [3.8, 4) is 17.3 Å². The number of aromatic nitrogens is 3. The summed E-state index contributed by atoms with van der Waals surface area (Å²) >= 11 is 0. The maximum Gasteiger partial charge on any atom is 0.346 e. The number of benzene rings is 1. The summed E-state index contributed by atoms with van der Waals surface area (Å²) in [5.74, 6) is 1.49. The van der Waals surface area contributed by atoms with Crippen LogP contribution in [0.4, 0.5) is 0 Å². The minimum Gasteiger partial charge on any atom is -0.497 e. The van der Waals surface area contributed by atoms with E-state index in [4.69, 9.17) is 9.15 Å². The zero-order valence-corrected chi connectivity index (χ0v) is 13.7. The van der Waals surface area contributed by atoms with Gasteiger partial charge >= 0.3 is 5.69 Å². The Kier molecular flexibility index (Phi) is 3.76. The van der Waals surface area contributed by atoms with Crippen LogP contribution in [-0.2, 0) is 6.54 Å². The van der Waals surface area contributed by atoms with Gasteiger partial charge in [0, 0.05) is 11.6 Å². The third-order valence-corrected chi connectivity index (χ3v) is 4.23. The molecular weight excluding hydrogens is 322 g/mol. The summed E-state index contributed by atoms with van der Waals surface area (Å²) in [5, 5.41) is 4.34. The van der Waals surface area contributed by atoms with Gasteiger partial charge in [-0.1, -0.05) is 0 Å². The number of hydrogen-bond acceptors (Lipinski definition) is 5. The highest BCUT2D eigenvalue weighted by Gasteiger charge is 2.31. The normalized spacial score (nSPS) is 13.8. The van der Waals surface area contributed by atoms with Gasteiger partial charge in [0.1, 0.15) is 12.3 Å². The van der Waals surface area contributed by atoms with E-state index in [1.165, 1.54) is 4.68 Å². The topological polar surface area (TPSA) is 79.3 Å². The van der Waals surface area contributed by atoms with E-state index in [0.29, 0.717) is 22.9 Å². The summed E-state index contributed by atoms with van der Waals surface area (Å²) < 4.78 is 13.3. The molecule has 4 rings (SSSR count). The van der Waals surface area contributed by atoms with E-state index in [-0.39, 0.29) is 24.1 Å². The maximum atomic E-state index is 12.7. The lowest BCUT2D eigenvalue weighted by atomic mass is 10.1. The Morgan fingerprint density at radius 1 is 1.28 bits per heavy atom. The minimum atomic E-state index is -0.282. The van der Waals surface area contributed by atoms with Crippen molar-refractivity contribution in [1.82, 2.24) is 14.3 Å². The summed E-state index contributed by atoms with van der Waals surface area (Å²) in [6, 6.07) is 10.4. The average molecular weight is 339 g/mol. The average Bonchev–Trinajstić information content (AvgIpc) is 3.21. The standard InChI is InChI=1S/C18H17N3O4/c1-24-14-8-4-12(5-9-14)15(22)11-20-18(23)21(13-6-7-13)17(19-20)16-3-2-10-25-16/h2-5,8-10,13H,6-7,11H2,1H3. The largest absolute Gasteiger partial charge is 0.497 e. The number of ether oxygens (including phenoxy) is 1. The van der Waals surface area contributed by atoms with Crippen molar-refractivity contribution in [2.75, 3.05) is 7.11 Å². The Labute approximate surface area is 143 Å². The van der Waals surface area contributed by atoms with Crippen LogP contribution in [0.5, 0.6) is 5.75 Å². The Bertz CT molecular complexity index is 947. The predicted molar refractivity (Wildman–Crippen MR) is 89.8 cm³/mol. The summed E-state index contributed by atoms with van der Waals surface area (Å²) in [4.78, 5) is 25.2. The molecule has 0 saturated heterocycles. The lowest BCUT2D eigenvalue weighted by Crippen LogP contribution is -2.27. The highest BCUT2D eigenvalue weighted by Crippen LogP contribution is 2.36. The van der Waals surface area contributed by atoms with Gasteiger partial charge in [-0.15, -0.1) is 5.10 Å². The number of furan rings is 1. The van der Waals surface area contributed by atoms with Gasteiger partial charge in [-0.3, -0.25) is 9.36 Å². The molecule has 7 heteroatoms. The molecule has 2 aromatic heterocycles. The van der Waals surface area contributed by atoms with Crippen molar-refractivity contribution < 1.29 is 13.9 Å². The fraction of sp³-hybridized carbons (Fsp3) is 0.278. The van der Waals surface area contributed by atoms with Gasteiger partial charge in [0.15, 0.2) is 11.5 Å². The third-order valence-electron chi connectivity index (χ3n) is 4.23. The van der Waals surface area contributed by atoms with Crippen LogP contribution in [0.25, 0.3) is 11.6 Å². The van der Waals surface area contributed by atoms with Crippen LogP contribution in [-0.4, -0.2) is 27.2 Å². The molecule has 7 nitrogen and oxygen atoms in total. The second kappa shape index (κ2) is 6.08. The third kappa shape index (κ3) is 2.88. The molecule has 0 bridgehead atoms. The van der Waals surface area contributed by atoms with Gasteiger partial charge < -0.3 is 9.15 Å². The molecular formula is C18H17N3O4. The second-order valence-corrected chi connectivity index (χ2v) is 5.99. The number of Topliss-reactive ketones (excluding diaryl/α,β-unsaturated/α-hetero) is 1. The number of methoxy groups -OCH3 is 1. The molecule has 0 radical (unpaired) electrons. The van der Waals surface area contributed by atoms with E-state index in [9.17, 15) is 9.59 Å². The fourth-order valence-corrected chi connectivity index (χ4v) is 2.76. The molecule has 0 spiro atoms. The molecule has 0 N–H and O–H groups in total. The Morgan fingerprint density at radius 3 is 2.64 bits per heavy atom. The molecule has 1 aliphatic rings. The molecule has 2 heterocycles. The maximum absolute atomic E-state index is 12.7. The number of ketones is 1. The molecule has 3 aromatic rings. The van der Waals surface area contributed by atoms with Crippen molar-refractivity contribution in [2.24, 2.45) is 0 Å². The summed E-state index contributed by atoms with van der Waals surface area (Å²) in [6.45, 7) is -0.113. The molecule has 25 heavy (non-hydrogen) atoms.